The van der Waals surface area contributed by atoms with E-state index in [4.69, 9.17) is 9.05 Å². The Kier molecular flexibility index (Phi) is 33.5. The van der Waals surface area contributed by atoms with Crippen LogP contribution in [0.25, 0.3) is 0 Å². The second-order valence-corrected chi connectivity index (χ2v) is 17.0. The summed E-state index contributed by atoms with van der Waals surface area (Å²) in [4.78, 5) is 23.1. The molecule has 12 heteroatoms. The highest BCUT2D eigenvalue weighted by molar-refractivity contribution is 7.47. The van der Waals surface area contributed by atoms with Gasteiger partial charge in [0.2, 0.25) is 5.91 Å². The van der Waals surface area contributed by atoms with Crippen LogP contribution >= 0.6 is 7.82 Å². The van der Waals surface area contributed by atoms with E-state index < -0.39 is 50.8 Å². The Labute approximate surface area is 340 Å². The van der Waals surface area contributed by atoms with E-state index >= 15 is 0 Å². The van der Waals surface area contributed by atoms with E-state index in [0.717, 1.165) is 25.7 Å². The van der Waals surface area contributed by atoms with Gasteiger partial charge >= 0.3 is 7.82 Å². The van der Waals surface area contributed by atoms with Gasteiger partial charge in [-0.2, -0.15) is 0 Å². The van der Waals surface area contributed by atoms with Gasteiger partial charge in [0.05, 0.1) is 58.2 Å². The number of carbonyl (C=O) groups is 1. The second kappa shape index (κ2) is 34.8. The molecule has 0 aliphatic heterocycles. The van der Waals surface area contributed by atoms with Gasteiger partial charge in [0.1, 0.15) is 13.2 Å². The van der Waals surface area contributed by atoms with Crippen LogP contribution in [0.3, 0.4) is 0 Å². The quantitative estimate of drug-likeness (QED) is 0.0120. The second-order valence-electron chi connectivity index (χ2n) is 15.6. The number of hydrogen-bond donors (Lipinski definition) is 6. The summed E-state index contributed by atoms with van der Waals surface area (Å²) in [7, 11) is 1.34. The fraction of sp³-hybridized carbons (Fsp3) is 0.705. The molecule has 0 aromatic carbocycles. The van der Waals surface area contributed by atoms with Crippen LogP contribution in [-0.4, -0.2) is 107 Å². The zero-order chi connectivity index (χ0) is 41.9. The lowest BCUT2D eigenvalue weighted by molar-refractivity contribution is -0.870. The number of aliphatic hydroxyl groups is 4. The average molecular weight is 812 g/mol. The Morgan fingerprint density at radius 2 is 1.27 bits per heavy atom. The maximum Gasteiger partial charge on any atom is 0.472 e. The lowest BCUT2D eigenvalue weighted by Gasteiger charge is -2.25. The fourth-order valence-electron chi connectivity index (χ4n) is 5.50. The minimum atomic E-state index is -4.44. The summed E-state index contributed by atoms with van der Waals surface area (Å²) < 4.78 is 23.4. The van der Waals surface area contributed by atoms with Gasteiger partial charge in [-0.3, -0.25) is 13.8 Å². The number of carbonyl (C=O) groups excluding carboxylic acids is 1. The number of rotatable bonds is 36. The van der Waals surface area contributed by atoms with Crippen molar-refractivity contribution in [3.8, 4) is 0 Å². The van der Waals surface area contributed by atoms with Gasteiger partial charge in [-0.25, -0.2) is 4.57 Å². The molecule has 0 aromatic heterocycles. The number of allylic oxidation sites excluding steroid dienone is 8. The standard InChI is InChI=1S/C44H79N2O9P/c1-6-8-10-11-12-13-14-15-16-17-18-19-23-27-32-41(48)40(38-55-56(52,53)54-37-36-46(3,4)5)45-44(51)35-29-34-43(50)42(49)33-28-24-21-20-22-26-31-39(47)30-25-9-7-2/h9,20-22,24-28,31-33,39-43,47-50H,6-8,10-19,23,29-30,34-38H2,1-5H3,(H-,45,51,52,53)/p+1/b22-20+,24-21-,25-9-,31-26+,32-27+,33-28-/t39-,40-,41+,42+,43+/m0/s1. The van der Waals surface area contributed by atoms with Crippen molar-refractivity contribution >= 4 is 13.7 Å². The Hall–Kier alpha value is -2.18. The first kappa shape index (κ1) is 53.8. The van der Waals surface area contributed by atoms with Crippen molar-refractivity contribution in [1.82, 2.24) is 5.32 Å². The van der Waals surface area contributed by atoms with Gasteiger partial charge in [-0.15, -0.1) is 0 Å². The predicted octanol–water partition coefficient (Wildman–Crippen LogP) is 8.15. The van der Waals surface area contributed by atoms with E-state index in [0.29, 0.717) is 17.4 Å². The highest BCUT2D eigenvalue weighted by atomic mass is 31.2. The van der Waals surface area contributed by atoms with Gasteiger partial charge < -0.3 is 35.1 Å². The molecule has 1 amide bonds. The van der Waals surface area contributed by atoms with Gasteiger partial charge in [0, 0.05) is 6.42 Å². The molecular formula is C44H80N2O9P+. The topological polar surface area (TPSA) is 166 Å². The molecule has 0 bridgehead atoms. The zero-order valence-electron chi connectivity index (χ0n) is 35.4. The molecule has 1 unspecified atom stereocenters. The number of hydrogen-bond acceptors (Lipinski definition) is 8. The van der Waals surface area contributed by atoms with Crippen molar-refractivity contribution in [2.24, 2.45) is 0 Å². The molecule has 0 radical (unpaired) electrons. The molecule has 0 saturated heterocycles. The maximum absolute atomic E-state index is 12.9. The lowest BCUT2D eigenvalue weighted by Crippen LogP contribution is -2.45. The first-order chi connectivity index (χ1) is 26.7. The molecule has 0 aliphatic carbocycles. The van der Waals surface area contributed by atoms with E-state index in [1.807, 2.05) is 46.3 Å². The number of amides is 1. The Balaban J connectivity index is 4.86. The van der Waals surface area contributed by atoms with Crippen molar-refractivity contribution in [3.05, 3.63) is 72.9 Å². The average Bonchev–Trinajstić information content (AvgIpc) is 3.13. The number of nitrogens with one attached hydrogen (secondary N) is 1. The molecule has 324 valence electrons. The molecule has 6 atom stereocenters. The van der Waals surface area contributed by atoms with Gasteiger partial charge in [-0.1, -0.05) is 157 Å². The normalized spacial score (nSPS) is 16.8. The van der Waals surface area contributed by atoms with Gasteiger partial charge in [0.15, 0.2) is 0 Å². The summed E-state index contributed by atoms with van der Waals surface area (Å²) in [5, 5.41) is 44.2. The molecule has 0 spiro atoms. The minimum absolute atomic E-state index is 0.00211. The first-order valence-electron chi connectivity index (χ1n) is 21.1. The van der Waals surface area contributed by atoms with Crippen LogP contribution in [0.1, 0.15) is 129 Å². The Morgan fingerprint density at radius 1 is 0.696 bits per heavy atom. The zero-order valence-corrected chi connectivity index (χ0v) is 36.3. The van der Waals surface area contributed by atoms with Crippen molar-refractivity contribution in [3.63, 3.8) is 0 Å². The molecular weight excluding hydrogens is 731 g/mol. The number of unbranched alkanes of at least 4 members (excludes halogenated alkanes) is 12. The number of likely N-dealkylation sites (N-methyl/N-ethyl adjacent to an activating group) is 1. The summed E-state index contributed by atoms with van der Waals surface area (Å²) >= 11 is 0. The summed E-state index contributed by atoms with van der Waals surface area (Å²) in [6, 6.07) is -1.01. The molecule has 11 nitrogen and oxygen atoms in total. The highest BCUT2D eigenvalue weighted by Crippen LogP contribution is 2.43. The minimum Gasteiger partial charge on any atom is -0.390 e. The number of aliphatic hydroxyl groups excluding tert-OH is 4. The molecule has 0 saturated carbocycles. The predicted molar refractivity (Wildman–Crippen MR) is 230 cm³/mol. The van der Waals surface area contributed by atoms with Crippen molar-refractivity contribution < 1.29 is 48.2 Å². The van der Waals surface area contributed by atoms with E-state index in [9.17, 15) is 34.7 Å². The number of nitrogens with zero attached hydrogens (tertiary/aromatic N) is 1. The molecule has 0 aromatic rings. The van der Waals surface area contributed by atoms with E-state index in [2.05, 4.69) is 12.2 Å². The van der Waals surface area contributed by atoms with Gasteiger partial charge in [-0.05, 0) is 38.5 Å². The van der Waals surface area contributed by atoms with Crippen LogP contribution in [0.4, 0.5) is 0 Å². The lowest BCUT2D eigenvalue weighted by atomic mass is 10.0. The highest BCUT2D eigenvalue weighted by Gasteiger charge is 2.28. The summed E-state index contributed by atoms with van der Waals surface area (Å²) in [6.07, 6.45) is 34.8. The van der Waals surface area contributed by atoms with Crippen molar-refractivity contribution in [2.75, 3.05) is 40.9 Å². The first-order valence-corrected chi connectivity index (χ1v) is 22.6. The molecule has 0 rings (SSSR count). The monoisotopic (exact) mass is 812 g/mol. The fourth-order valence-corrected chi connectivity index (χ4v) is 6.23. The van der Waals surface area contributed by atoms with E-state index in [1.54, 1.807) is 48.6 Å². The number of phosphoric ester groups is 1. The maximum atomic E-state index is 12.9. The molecule has 0 fully saturated rings. The third-order valence-corrected chi connectivity index (χ3v) is 10.0. The number of quaternary nitrogens is 1. The van der Waals surface area contributed by atoms with Crippen molar-refractivity contribution in [1.29, 1.82) is 0 Å². The van der Waals surface area contributed by atoms with Crippen LogP contribution in [0.15, 0.2) is 72.9 Å². The summed E-state index contributed by atoms with van der Waals surface area (Å²) in [5.41, 5.74) is 0. The largest absolute Gasteiger partial charge is 0.472 e. The van der Waals surface area contributed by atoms with Crippen LogP contribution in [0.5, 0.6) is 0 Å². The summed E-state index contributed by atoms with van der Waals surface area (Å²) in [5.74, 6) is -0.434. The molecule has 56 heavy (non-hydrogen) atoms. The number of phosphoric acid groups is 1. The van der Waals surface area contributed by atoms with Gasteiger partial charge in [0.25, 0.3) is 0 Å². The van der Waals surface area contributed by atoms with E-state index in [1.165, 1.54) is 70.3 Å². The third kappa shape index (κ3) is 35.0. The molecule has 0 heterocycles. The van der Waals surface area contributed by atoms with Crippen LogP contribution in [0, 0.1) is 0 Å². The molecule has 0 aliphatic rings. The SMILES string of the molecule is CC/C=C\C[C@H](O)/C=C/C=C/C=C\C=C/[C@@H](O)[C@H](O)CCCC(=O)N[C@@H](COP(=O)(O)OCC[N+](C)(C)C)[C@H](O)/C=C/CCCCCCCCCCCCCC. The van der Waals surface area contributed by atoms with Crippen LogP contribution in [-0.2, 0) is 18.4 Å². The Bertz CT molecular complexity index is 1200. The smallest absolute Gasteiger partial charge is 0.390 e. The summed E-state index contributed by atoms with van der Waals surface area (Å²) in [6.45, 7) is 4.30. The third-order valence-electron chi connectivity index (χ3n) is 9.03. The van der Waals surface area contributed by atoms with Crippen LogP contribution in [0.2, 0.25) is 0 Å². The van der Waals surface area contributed by atoms with Crippen LogP contribution < -0.4 is 5.32 Å². The molecule has 6 N–H and O–H groups in total. The van der Waals surface area contributed by atoms with Crippen molar-refractivity contribution in [2.45, 2.75) is 160 Å². The van der Waals surface area contributed by atoms with E-state index in [-0.39, 0.29) is 25.9 Å². The Morgan fingerprint density at radius 3 is 1.86 bits per heavy atom.